The zero-order valence-corrected chi connectivity index (χ0v) is 14.5. The normalized spacial score (nSPS) is 16.8. The van der Waals surface area contributed by atoms with Crippen LogP contribution in [-0.4, -0.2) is 54.1 Å². The topological polar surface area (TPSA) is 53.0 Å². The Kier molecular flexibility index (Phi) is 5.50. The summed E-state index contributed by atoms with van der Waals surface area (Å²) in [5.74, 6) is 0.402. The van der Waals surface area contributed by atoms with Crippen LogP contribution in [0.5, 0.6) is 5.75 Å². The van der Waals surface area contributed by atoms with Crippen molar-refractivity contribution >= 4 is 17.2 Å². The molecule has 1 aromatic heterocycles. The predicted octanol–water partition coefficient (Wildman–Crippen LogP) is 2.13. The van der Waals surface area contributed by atoms with Crippen molar-refractivity contribution in [2.45, 2.75) is 12.6 Å². The third-order valence-corrected chi connectivity index (χ3v) is 5.15. The summed E-state index contributed by atoms with van der Waals surface area (Å²) in [7, 11) is 1.57. The van der Waals surface area contributed by atoms with E-state index >= 15 is 0 Å². The van der Waals surface area contributed by atoms with Gasteiger partial charge in [-0.1, -0.05) is 18.2 Å². The molecule has 2 heterocycles. The predicted molar refractivity (Wildman–Crippen MR) is 94.1 cm³/mol. The average Bonchev–Trinajstić information content (AvgIpc) is 3.14. The molecule has 1 fully saturated rings. The molecule has 24 heavy (non-hydrogen) atoms. The van der Waals surface area contributed by atoms with E-state index in [1.54, 1.807) is 47.6 Å². The zero-order valence-electron chi connectivity index (χ0n) is 13.7. The van der Waals surface area contributed by atoms with Crippen molar-refractivity contribution in [2.24, 2.45) is 0 Å². The molecule has 0 saturated carbocycles. The molecule has 2 aromatic rings. The van der Waals surface area contributed by atoms with Crippen LogP contribution < -0.4 is 4.74 Å². The van der Waals surface area contributed by atoms with E-state index in [9.17, 15) is 9.90 Å². The minimum absolute atomic E-state index is 0.237. The van der Waals surface area contributed by atoms with Gasteiger partial charge in [0.25, 0.3) is 5.91 Å². The summed E-state index contributed by atoms with van der Waals surface area (Å²) in [5.41, 5.74) is 0.570. The van der Waals surface area contributed by atoms with Gasteiger partial charge in [-0.25, -0.2) is 0 Å². The highest BCUT2D eigenvalue weighted by Crippen LogP contribution is 2.22. The van der Waals surface area contributed by atoms with Gasteiger partial charge in [0.1, 0.15) is 5.75 Å². The molecule has 1 aromatic carbocycles. The van der Waals surface area contributed by atoms with Crippen LogP contribution in [0.25, 0.3) is 0 Å². The summed E-state index contributed by atoms with van der Waals surface area (Å²) < 4.78 is 5.15. The second kappa shape index (κ2) is 7.79. The number of carbonyl (C=O) groups excluding carboxylic acids is 1. The Bertz CT molecular complexity index is 667. The third-order valence-electron chi connectivity index (χ3n) is 4.29. The molecule has 6 heteroatoms. The van der Waals surface area contributed by atoms with Crippen molar-refractivity contribution in [3.8, 4) is 5.75 Å². The fourth-order valence-corrected chi connectivity index (χ4v) is 3.62. The van der Waals surface area contributed by atoms with Gasteiger partial charge in [0, 0.05) is 37.6 Å². The van der Waals surface area contributed by atoms with Gasteiger partial charge in [-0.3, -0.25) is 9.69 Å². The highest BCUT2D eigenvalue weighted by Gasteiger charge is 2.27. The van der Waals surface area contributed by atoms with E-state index in [0.29, 0.717) is 24.4 Å². The van der Waals surface area contributed by atoms with Crippen molar-refractivity contribution in [3.05, 3.63) is 52.2 Å². The van der Waals surface area contributed by atoms with Crippen molar-refractivity contribution < 1.29 is 14.6 Å². The summed E-state index contributed by atoms with van der Waals surface area (Å²) in [6.07, 6.45) is -1.14. The van der Waals surface area contributed by atoms with Crippen molar-refractivity contribution in [3.63, 3.8) is 0 Å². The maximum Gasteiger partial charge on any atom is 0.256 e. The Labute approximate surface area is 146 Å². The van der Waals surface area contributed by atoms with E-state index in [-0.39, 0.29) is 5.91 Å². The standard InChI is InChI=1S/C18H22N2O3S/c1-23-15-5-2-4-14(12-15)17(21)18(22)20-9-7-19(8-10-20)13-16-6-3-11-24-16/h2-6,11-12,17,21H,7-10,13H2,1H3/t17-/m0/s1. The Hall–Kier alpha value is -1.89. The molecule has 0 bridgehead atoms. The number of hydrogen-bond donors (Lipinski definition) is 1. The lowest BCUT2D eigenvalue weighted by molar-refractivity contribution is -0.142. The summed E-state index contributed by atoms with van der Waals surface area (Å²) in [6.45, 7) is 3.87. The minimum atomic E-state index is -1.14. The van der Waals surface area contributed by atoms with Crippen LogP contribution in [0, 0.1) is 0 Å². The van der Waals surface area contributed by atoms with E-state index < -0.39 is 6.10 Å². The zero-order chi connectivity index (χ0) is 16.9. The second-order valence-corrected chi connectivity index (χ2v) is 6.89. The van der Waals surface area contributed by atoms with Gasteiger partial charge < -0.3 is 14.7 Å². The van der Waals surface area contributed by atoms with Gasteiger partial charge in [0.15, 0.2) is 6.10 Å². The van der Waals surface area contributed by atoms with E-state index in [2.05, 4.69) is 22.4 Å². The van der Waals surface area contributed by atoms with E-state index in [0.717, 1.165) is 19.6 Å². The Morgan fingerprint density at radius 3 is 2.71 bits per heavy atom. The summed E-state index contributed by atoms with van der Waals surface area (Å²) >= 11 is 1.76. The molecule has 1 atom stereocenters. The molecule has 0 radical (unpaired) electrons. The quantitative estimate of drug-likeness (QED) is 0.901. The monoisotopic (exact) mass is 346 g/mol. The molecule has 128 valence electrons. The number of amides is 1. The number of aliphatic hydroxyl groups excluding tert-OH is 1. The molecule has 3 rings (SSSR count). The second-order valence-electron chi connectivity index (χ2n) is 5.86. The molecule has 0 aliphatic carbocycles. The lowest BCUT2D eigenvalue weighted by Gasteiger charge is -2.35. The number of piperazine rings is 1. The smallest absolute Gasteiger partial charge is 0.256 e. The average molecular weight is 346 g/mol. The molecule has 1 aliphatic rings. The molecule has 1 amide bonds. The van der Waals surface area contributed by atoms with Crippen LogP contribution in [0.4, 0.5) is 0 Å². The minimum Gasteiger partial charge on any atom is -0.497 e. The Morgan fingerprint density at radius 1 is 1.25 bits per heavy atom. The van der Waals surface area contributed by atoms with E-state index in [1.165, 1.54) is 4.88 Å². The van der Waals surface area contributed by atoms with Crippen molar-refractivity contribution in [2.75, 3.05) is 33.3 Å². The Balaban J connectivity index is 1.56. The first-order valence-electron chi connectivity index (χ1n) is 8.03. The van der Waals surface area contributed by atoms with Gasteiger partial charge >= 0.3 is 0 Å². The van der Waals surface area contributed by atoms with Crippen LogP contribution >= 0.6 is 11.3 Å². The molecule has 0 spiro atoms. The molecule has 5 nitrogen and oxygen atoms in total. The number of aliphatic hydroxyl groups is 1. The molecular formula is C18H22N2O3S. The summed E-state index contributed by atoms with van der Waals surface area (Å²) in [4.78, 5) is 18.0. The number of ether oxygens (including phenoxy) is 1. The van der Waals surface area contributed by atoms with Crippen molar-refractivity contribution in [1.82, 2.24) is 9.80 Å². The van der Waals surface area contributed by atoms with Gasteiger partial charge in [-0.05, 0) is 29.1 Å². The van der Waals surface area contributed by atoms with Gasteiger partial charge in [0.05, 0.1) is 7.11 Å². The molecule has 1 aliphatic heterocycles. The summed E-state index contributed by atoms with van der Waals surface area (Å²) in [6, 6.07) is 11.2. The lowest BCUT2D eigenvalue weighted by Crippen LogP contribution is -2.49. The number of rotatable bonds is 5. The number of hydrogen-bond acceptors (Lipinski definition) is 5. The van der Waals surface area contributed by atoms with Crippen LogP contribution in [0.15, 0.2) is 41.8 Å². The van der Waals surface area contributed by atoms with Gasteiger partial charge in [-0.2, -0.15) is 0 Å². The number of thiophene rings is 1. The number of nitrogens with zero attached hydrogens (tertiary/aromatic N) is 2. The maximum atomic E-state index is 12.5. The molecule has 0 unspecified atom stereocenters. The molecule has 1 N–H and O–H groups in total. The number of carbonyl (C=O) groups is 1. The Morgan fingerprint density at radius 2 is 2.04 bits per heavy atom. The van der Waals surface area contributed by atoms with Gasteiger partial charge in [-0.15, -0.1) is 11.3 Å². The molecule has 1 saturated heterocycles. The SMILES string of the molecule is COc1cccc([C@H](O)C(=O)N2CCN(Cc3cccs3)CC2)c1. The van der Waals surface area contributed by atoms with Crippen LogP contribution in [0.1, 0.15) is 16.5 Å². The lowest BCUT2D eigenvalue weighted by atomic mass is 10.1. The largest absolute Gasteiger partial charge is 0.497 e. The highest BCUT2D eigenvalue weighted by atomic mass is 32.1. The van der Waals surface area contributed by atoms with Crippen LogP contribution in [0.3, 0.4) is 0 Å². The maximum absolute atomic E-state index is 12.5. The molecular weight excluding hydrogens is 324 g/mol. The number of benzene rings is 1. The number of methoxy groups -OCH3 is 1. The van der Waals surface area contributed by atoms with Gasteiger partial charge in [0.2, 0.25) is 0 Å². The fourth-order valence-electron chi connectivity index (χ4n) is 2.88. The first kappa shape index (κ1) is 17.0. The van der Waals surface area contributed by atoms with E-state index in [4.69, 9.17) is 4.74 Å². The highest BCUT2D eigenvalue weighted by molar-refractivity contribution is 7.09. The third kappa shape index (κ3) is 3.95. The fraction of sp³-hybridized carbons (Fsp3) is 0.389. The first-order valence-corrected chi connectivity index (χ1v) is 8.91. The van der Waals surface area contributed by atoms with Crippen molar-refractivity contribution in [1.29, 1.82) is 0 Å². The van der Waals surface area contributed by atoms with E-state index in [1.807, 2.05) is 0 Å². The van der Waals surface area contributed by atoms with Crippen LogP contribution in [-0.2, 0) is 11.3 Å². The van der Waals surface area contributed by atoms with Crippen LogP contribution in [0.2, 0.25) is 0 Å². The first-order chi connectivity index (χ1) is 11.7. The summed E-state index contributed by atoms with van der Waals surface area (Å²) in [5, 5.41) is 12.5.